The molecule has 1 N–H and O–H groups in total. The molecule has 5 nitrogen and oxygen atoms in total. The highest BCUT2D eigenvalue weighted by molar-refractivity contribution is 6.33. The molecule has 0 atom stereocenters. The summed E-state index contributed by atoms with van der Waals surface area (Å²) in [5, 5.41) is 4.22. The van der Waals surface area contributed by atoms with E-state index in [0.717, 1.165) is 5.56 Å². The zero-order valence-corrected chi connectivity index (χ0v) is 12.5. The Morgan fingerprint density at radius 2 is 1.82 bits per heavy atom. The summed E-state index contributed by atoms with van der Waals surface area (Å²) in [6.07, 6.45) is 1.48. The van der Waals surface area contributed by atoms with Crippen molar-refractivity contribution in [1.82, 2.24) is 5.43 Å². The van der Waals surface area contributed by atoms with Gasteiger partial charge in [-0.05, 0) is 42.0 Å². The largest absolute Gasteiger partial charge is 0.427 e. The van der Waals surface area contributed by atoms with E-state index in [0.29, 0.717) is 16.3 Å². The molecule has 1 amide bonds. The minimum Gasteiger partial charge on any atom is -0.427 e. The van der Waals surface area contributed by atoms with Gasteiger partial charge >= 0.3 is 5.97 Å². The van der Waals surface area contributed by atoms with Crippen molar-refractivity contribution in [3.05, 3.63) is 64.7 Å². The average molecular weight is 317 g/mol. The number of ether oxygens (including phenoxy) is 1. The van der Waals surface area contributed by atoms with Gasteiger partial charge < -0.3 is 4.74 Å². The number of hydrazone groups is 1. The van der Waals surface area contributed by atoms with Crippen LogP contribution in [0.4, 0.5) is 0 Å². The summed E-state index contributed by atoms with van der Waals surface area (Å²) in [4.78, 5) is 22.7. The maximum Gasteiger partial charge on any atom is 0.308 e. The number of hydrogen-bond donors (Lipinski definition) is 1. The van der Waals surface area contributed by atoms with Gasteiger partial charge in [-0.2, -0.15) is 5.10 Å². The Kier molecular flexibility index (Phi) is 5.27. The van der Waals surface area contributed by atoms with Crippen molar-refractivity contribution in [3.8, 4) is 5.75 Å². The zero-order valence-electron chi connectivity index (χ0n) is 11.7. The van der Waals surface area contributed by atoms with Crippen LogP contribution in [0.2, 0.25) is 5.02 Å². The molecule has 2 rings (SSSR count). The molecule has 0 unspecified atom stereocenters. The van der Waals surface area contributed by atoms with E-state index in [1.54, 1.807) is 48.5 Å². The molecule has 0 aliphatic rings. The van der Waals surface area contributed by atoms with Crippen LogP contribution in [0.5, 0.6) is 5.75 Å². The standard InChI is InChI=1S/C16H13ClN2O3/c1-11(20)22-13-8-6-12(7-9-13)10-18-19-16(21)14-4-2-3-5-15(14)17/h2-10H,1H3,(H,19,21)/b18-10-. The van der Waals surface area contributed by atoms with Gasteiger partial charge in [0.15, 0.2) is 0 Å². The second-order valence-electron chi connectivity index (χ2n) is 4.34. The molecular formula is C16H13ClN2O3. The van der Waals surface area contributed by atoms with Crippen LogP contribution < -0.4 is 10.2 Å². The molecule has 2 aromatic rings. The topological polar surface area (TPSA) is 67.8 Å². The summed E-state index contributed by atoms with van der Waals surface area (Å²) in [6, 6.07) is 13.4. The molecule has 0 saturated heterocycles. The Morgan fingerprint density at radius 3 is 2.45 bits per heavy atom. The van der Waals surface area contributed by atoms with Crippen molar-refractivity contribution in [3.63, 3.8) is 0 Å². The average Bonchev–Trinajstić information content (AvgIpc) is 2.49. The quantitative estimate of drug-likeness (QED) is 0.408. The van der Waals surface area contributed by atoms with Crippen LogP contribution in [0, 0.1) is 0 Å². The molecule has 112 valence electrons. The number of carbonyl (C=O) groups excluding carboxylic acids is 2. The van der Waals surface area contributed by atoms with Crippen LogP contribution in [-0.4, -0.2) is 18.1 Å². The highest BCUT2D eigenvalue weighted by Crippen LogP contribution is 2.14. The van der Waals surface area contributed by atoms with E-state index in [-0.39, 0.29) is 5.97 Å². The first kappa shape index (κ1) is 15.7. The molecule has 2 aromatic carbocycles. The summed E-state index contributed by atoms with van der Waals surface area (Å²) in [5.41, 5.74) is 3.49. The van der Waals surface area contributed by atoms with E-state index in [1.165, 1.54) is 13.1 Å². The monoisotopic (exact) mass is 316 g/mol. The molecule has 0 bridgehead atoms. The van der Waals surface area contributed by atoms with Crippen LogP contribution in [0.1, 0.15) is 22.8 Å². The smallest absolute Gasteiger partial charge is 0.308 e. The first-order valence-corrected chi connectivity index (χ1v) is 6.80. The van der Waals surface area contributed by atoms with Crippen LogP contribution >= 0.6 is 11.6 Å². The third-order valence-corrected chi connectivity index (χ3v) is 2.97. The molecule has 0 aliphatic carbocycles. The van der Waals surface area contributed by atoms with E-state index < -0.39 is 5.91 Å². The van der Waals surface area contributed by atoms with Crippen molar-refractivity contribution < 1.29 is 14.3 Å². The second kappa shape index (κ2) is 7.38. The number of rotatable bonds is 4. The first-order valence-electron chi connectivity index (χ1n) is 6.42. The SMILES string of the molecule is CC(=O)Oc1ccc(/C=N\NC(=O)c2ccccc2Cl)cc1. The predicted octanol–water partition coefficient (Wildman–Crippen LogP) is 3.03. The highest BCUT2D eigenvalue weighted by Gasteiger charge is 2.07. The van der Waals surface area contributed by atoms with Crippen LogP contribution in [0.3, 0.4) is 0 Å². The summed E-state index contributed by atoms with van der Waals surface area (Å²) in [5.74, 6) is -0.323. The molecule has 0 fully saturated rings. The number of esters is 1. The van der Waals surface area contributed by atoms with E-state index in [2.05, 4.69) is 10.5 Å². The van der Waals surface area contributed by atoms with Gasteiger partial charge in [-0.1, -0.05) is 23.7 Å². The van der Waals surface area contributed by atoms with Gasteiger partial charge in [-0.15, -0.1) is 0 Å². The van der Waals surface area contributed by atoms with Gasteiger partial charge in [0.1, 0.15) is 5.75 Å². The fourth-order valence-corrected chi connectivity index (χ4v) is 1.88. The molecule has 0 heterocycles. The molecule has 0 aromatic heterocycles. The van der Waals surface area contributed by atoms with Crippen molar-refractivity contribution in [2.75, 3.05) is 0 Å². The van der Waals surface area contributed by atoms with E-state index in [9.17, 15) is 9.59 Å². The molecule has 0 saturated carbocycles. The van der Waals surface area contributed by atoms with Gasteiger partial charge in [0.05, 0.1) is 16.8 Å². The normalized spacial score (nSPS) is 10.5. The Labute approximate surface area is 132 Å². The van der Waals surface area contributed by atoms with Crippen LogP contribution in [-0.2, 0) is 4.79 Å². The van der Waals surface area contributed by atoms with E-state index in [4.69, 9.17) is 16.3 Å². The van der Waals surface area contributed by atoms with Gasteiger partial charge in [0.25, 0.3) is 5.91 Å². The van der Waals surface area contributed by atoms with Crippen molar-refractivity contribution in [2.45, 2.75) is 6.92 Å². The summed E-state index contributed by atoms with van der Waals surface area (Å²) in [6.45, 7) is 1.33. The van der Waals surface area contributed by atoms with Gasteiger partial charge in [-0.3, -0.25) is 9.59 Å². The summed E-state index contributed by atoms with van der Waals surface area (Å²) >= 11 is 5.92. The first-order chi connectivity index (χ1) is 10.6. The molecular weight excluding hydrogens is 304 g/mol. The predicted molar refractivity (Wildman–Crippen MR) is 84.3 cm³/mol. The number of nitrogens with one attached hydrogen (secondary N) is 1. The van der Waals surface area contributed by atoms with E-state index >= 15 is 0 Å². The lowest BCUT2D eigenvalue weighted by Crippen LogP contribution is -2.17. The molecule has 6 heteroatoms. The Hall–Kier alpha value is -2.66. The molecule has 0 spiro atoms. The molecule has 0 aliphatic heterocycles. The molecule has 22 heavy (non-hydrogen) atoms. The number of carbonyl (C=O) groups is 2. The number of halogens is 1. The lowest BCUT2D eigenvalue weighted by molar-refractivity contribution is -0.131. The van der Waals surface area contributed by atoms with Crippen molar-refractivity contribution in [1.29, 1.82) is 0 Å². The zero-order chi connectivity index (χ0) is 15.9. The summed E-state index contributed by atoms with van der Waals surface area (Å²) < 4.78 is 4.92. The number of hydrogen-bond acceptors (Lipinski definition) is 4. The minimum atomic E-state index is -0.390. The lowest BCUT2D eigenvalue weighted by Gasteiger charge is -2.02. The van der Waals surface area contributed by atoms with Crippen LogP contribution in [0.15, 0.2) is 53.6 Å². The minimum absolute atomic E-state index is 0.353. The van der Waals surface area contributed by atoms with E-state index in [1.807, 2.05) is 0 Å². The van der Waals surface area contributed by atoms with Gasteiger partial charge in [0, 0.05) is 6.92 Å². The van der Waals surface area contributed by atoms with Gasteiger partial charge in [0.2, 0.25) is 0 Å². The fourth-order valence-electron chi connectivity index (χ4n) is 1.66. The maximum absolute atomic E-state index is 11.9. The number of amides is 1. The Bertz CT molecular complexity index is 712. The lowest BCUT2D eigenvalue weighted by atomic mass is 10.2. The molecule has 0 radical (unpaired) electrons. The number of benzene rings is 2. The maximum atomic E-state index is 11.9. The third-order valence-electron chi connectivity index (χ3n) is 2.64. The summed E-state index contributed by atoms with van der Waals surface area (Å²) in [7, 11) is 0. The van der Waals surface area contributed by atoms with Crippen LogP contribution in [0.25, 0.3) is 0 Å². The Morgan fingerprint density at radius 1 is 1.14 bits per heavy atom. The highest BCUT2D eigenvalue weighted by atomic mass is 35.5. The fraction of sp³-hybridized carbons (Fsp3) is 0.0625. The van der Waals surface area contributed by atoms with Crippen molar-refractivity contribution >= 4 is 29.7 Å². The third kappa shape index (κ3) is 4.43. The second-order valence-corrected chi connectivity index (χ2v) is 4.75. The number of nitrogens with zero attached hydrogens (tertiary/aromatic N) is 1. The van der Waals surface area contributed by atoms with Gasteiger partial charge in [-0.25, -0.2) is 5.43 Å². The Balaban J connectivity index is 1.96. The van der Waals surface area contributed by atoms with Crippen molar-refractivity contribution in [2.24, 2.45) is 5.10 Å².